The topological polar surface area (TPSA) is 17.1 Å². The van der Waals surface area contributed by atoms with Crippen molar-refractivity contribution in [3.63, 3.8) is 0 Å². The van der Waals surface area contributed by atoms with Crippen LogP contribution in [0.2, 0.25) is 0 Å². The van der Waals surface area contributed by atoms with Crippen LogP contribution < -0.4 is 0 Å². The predicted molar refractivity (Wildman–Crippen MR) is 85.4 cm³/mol. The Labute approximate surface area is 119 Å². The molecule has 0 amide bonds. The minimum Gasteiger partial charge on any atom is -0.293 e. The van der Waals surface area contributed by atoms with Gasteiger partial charge in [0.25, 0.3) is 0 Å². The number of carbonyl (C=O) groups excluding carboxylic acids is 1. The van der Waals surface area contributed by atoms with Crippen LogP contribution in [-0.4, -0.2) is 10.9 Å². The second kappa shape index (κ2) is 5.02. The Balaban J connectivity index is 2.60. The van der Waals surface area contributed by atoms with E-state index in [4.69, 9.17) is 0 Å². The summed E-state index contributed by atoms with van der Waals surface area (Å²) in [6.07, 6.45) is 4.39. The summed E-state index contributed by atoms with van der Waals surface area (Å²) in [6, 6.07) is 0. The largest absolute Gasteiger partial charge is 0.293 e. The molecule has 1 aromatic carbocycles. The number of benzene rings is 1. The Kier molecular flexibility index (Phi) is 3.89. The predicted octanol–water partition coefficient (Wildman–Crippen LogP) is 4.60. The van der Waals surface area contributed by atoms with E-state index in [0.717, 1.165) is 18.4 Å². The van der Waals surface area contributed by atoms with E-state index < -0.39 is 0 Å². The van der Waals surface area contributed by atoms with Crippen molar-refractivity contribution in [2.24, 2.45) is 0 Å². The zero-order valence-electron chi connectivity index (χ0n) is 12.8. The molecule has 19 heavy (non-hydrogen) atoms. The smallest absolute Gasteiger partial charge is 0.173 e. The van der Waals surface area contributed by atoms with Gasteiger partial charge in [0.2, 0.25) is 0 Å². The molecule has 0 spiro atoms. The van der Waals surface area contributed by atoms with E-state index in [1.165, 1.54) is 40.7 Å². The first kappa shape index (κ1) is 14.7. The number of ketones is 1. The molecule has 1 atom stereocenters. The first-order valence-electron chi connectivity index (χ1n) is 7.20. The van der Waals surface area contributed by atoms with E-state index in [-0.39, 0.29) is 5.16 Å². The minimum atomic E-state index is -0.205. The summed E-state index contributed by atoms with van der Waals surface area (Å²) in [4.78, 5) is 13.0. The van der Waals surface area contributed by atoms with Gasteiger partial charge in [0, 0.05) is 10.7 Å². The summed E-state index contributed by atoms with van der Waals surface area (Å²) in [5.74, 6) is 0.344. The quantitative estimate of drug-likeness (QED) is 0.570. The number of hydrogen-bond acceptors (Lipinski definition) is 1. The summed E-state index contributed by atoms with van der Waals surface area (Å²) in [5, 5.41) is -0.205. The van der Waals surface area contributed by atoms with Crippen molar-refractivity contribution in [3.05, 3.63) is 33.4 Å². The molecule has 0 radical (unpaired) electrons. The maximum atomic E-state index is 13.0. The molecule has 0 bridgehead atoms. The van der Waals surface area contributed by atoms with Crippen LogP contribution in [0.5, 0.6) is 0 Å². The van der Waals surface area contributed by atoms with Gasteiger partial charge in [-0.1, -0.05) is 12.8 Å². The number of Topliss-reactive ketones (excluding diaryl/α,β-unsaturated/α-hetero) is 1. The Morgan fingerprint density at radius 1 is 0.842 bits per heavy atom. The van der Waals surface area contributed by atoms with Gasteiger partial charge in [0.1, 0.15) is 0 Å². The summed E-state index contributed by atoms with van der Waals surface area (Å²) in [7, 11) is 2.86. The first-order valence-corrected chi connectivity index (χ1v) is 7.78. The average Bonchev–Trinajstić information content (AvgIpc) is 2.82. The molecular weight excluding hydrogens is 251 g/mol. The highest BCUT2D eigenvalue weighted by atomic mass is 31.0. The standard InChI is InChI=1S/C17H25OP/c1-10-11(2)13(4)15(14(5)12(10)3)16(18)17(19)8-6-7-9-17/h6-9,19H2,1-5H3. The summed E-state index contributed by atoms with van der Waals surface area (Å²) >= 11 is 0. The van der Waals surface area contributed by atoms with Gasteiger partial charge >= 0.3 is 0 Å². The van der Waals surface area contributed by atoms with E-state index in [1.807, 2.05) is 0 Å². The van der Waals surface area contributed by atoms with E-state index in [2.05, 4.69) is 43.9 Å². The third kappa shape index (κ3) is 2.27. The minimum absolute atomic E-state index is 0.205. The normalized spacial score (nSPS) is 17.8. The molecule has 0 saturated heterocycles. The van der Waals surface area contributed by atoms with Crippen LogP contribution >= 0.6 is 9.24 Å². The molecule has 1 aromatic rings. The first-order chi connectivity index (χ1) is 8.79. The molecule has 0 aromatic heterocycles. The second-order valence-corrected chi connectivity index (χ2v) is 7.30. The molecule has 1 fully saturated rings. The van der Waals surface area contributed by atoms with Crippen molar-refractivity contribution in [2.45, 2.75) is 65.5 Å². The van der Waals surface area contributed by atoms with Crippen LogP contribution in [0.25, 0.3) is 0 Å². The lowest BCUT2D eigenvalue weighted by Crippen LogP contribution is -2.30. The molecule has 2 heteroatoms. The Morgan fingerprint density at radius 2 is 1.21 bits per heavy atom. The van der Waals surface area contributed by atoms with Gasteiger partial charge < -0.3 is 0 Å². The second-order valence-electron chi connectivity index (χ2n) is 6.19. The van der Waals surface area contributed by atoms with Crippen molar-refractivity contribution >= 4 is 15.0 Å². The lowest BCUT2D eigenvalue weighted by molar-refractivity contribution is 0.0943. The van der Waals surface area contributed by atoms with Crippen LogP contribution in [0.15, 0.2) is 0 Å². The zero-order valence-corrected chi connectivity index (χ0v) is 14.0. The number of hydrogen-bond donors (Lipinski definition) is 0. The zero-order chi connectivity index (χ0) is 14.4. The molecule has 1 aliphatic rings. The molecule has 104 valence electrons. The van der Waals surface area contributed by atoms with E-state index in [9.17, 15) is 4.79 Å². The van der Waals surface area contributed by atoms with Gasteiger partial charge in [-0.3, -0.25) is 4.79 Å². The van der Waals surface area contributed by atoms with Crippen LogP contribution in [-0.2, 0) is 0 Å². The number of rotatable bonds is 2. The molecule has 1 nitrogen and oxygen atoms in total. The fourth-order valence-electron chi connectivity index (χ4n) is 3.32. The maximum Gasteiger partial charge on any atom is 0.173 e. The summed E-state index contributed by atoms with van der Waals surface area (Å²) < 4.78 is 0. The summed E-state index contributed by atoms with van der Waals surface area (Å²) in [6.45, 7) is 10.6. The molecule has 0 N–H and O–H groups in total. The molecule has 1 unspecified atom stereocenters. The molecule has 2 rings (SSSR count). The molecule has 0 heterocycles. The van der Waals surface area contributed by atoms with Gasteiger partial charge in [-0.05, 0) is 75.3 Å². The third-order valence-corrected chi connectivity index (χ3v) is 6.01. The number of carbonyl (C=O) groups is 1. The highest BCUT2D eigenvalue weighted by molar-refractivity contribution is 7.21. The van der Waals surface area contributed by atoms with Crippen molar-refractivity contribution in [2.75, 3.05) is 0 Å². The lowest BCUT2D eigenvalue weighted by atomic mass is 9.83. The van der Waals surface area contributed by atoms with Crippen LogP contribution in [0.1, 0.15) is 63.9 Å². The third-order valence-electron chi connectivity index (χ3n) is 5.18. The van der Waals surface area contributed by atoms with Gasteiger partial charge in [0.05, 0.1) is 0 Å². The fourth-order valence-corrected chi connectivity index (χ4v) is 3.88. The van der Waals surface area contributed by atoms with Gasteiger partial charge in [-0.25, -0.2) is 0 Å². The van der Waals surface area contributed by atoms with E-state index >= 15 is 0 Å². The van der Waals surface area contributed by atoms with Gasteiger partial charge in [0.15, 0.2) is 5.78 Å². The van der Waals surface area contributed by atoms with Crippen molar-refractivity contribution in [3.8, 4) is 0 Å². The lowest BCUT2D eigenvalue weighted by Gasteiger charge is -2.26. The Bertz CT molecular complexity index is 508. The highest BCUT2D eigenvalue weighted by Gasteiger charge is 2.38. The highest BCUT2D eigenvalue weighted by Crippen LogP contribution is 2.42. The van der Waals surface area contributed by atoms with Crippen molar-refractivity contribution in [1.29, 1.82) is 0 Å². The van der Waals surface area contributed by atoms with Crippen LogP contribution in [0, 0.1) is 34.6 Å². The molecular formula is C17H25OP. The average molecular weight is 276 g/mol. The van der Waals surface area contributed by atoms with Crippen molar-refractivity contribution in [1.82, 2.24) is 0 Å². The molecule has 1 aliphatic carbocycles. The Morgan fingerprint density at radius 3 is 1.63 bits per heavy atom. The van der Waals surface area contributed by atoms with Crippen LogP contribution in [0.3, 0.4) is 0 Å². The molecule has 0 aliphatic heterocycles. The Hall–Kier alpha value is -0.680. The monoisotopic (exact) mass is 276 g/mol. The fraction of sp³-hybridized carbons (Fsp3) is 0.588. The van der Waals surface area contributed by atoms with E-state index in [0.29, 0.717) is 5.78 Å². The van der Waals surface area contributed by atoms with Gasteiger partial charge in [-0.15, -0.1) is 9.24 Å². The SMILES string of the molecule is Cc1c(C)c(C)c(C(=O)C2(P)CCCC2)c(C)c1C. The van der Waals surface area contributed by atoms with Crippen molar-refractivity contribution < 1.29 is 4.79 Å². The van der Waals surface area contributed by atoms with E-state index in [1.54, 1.807) is 0 Å². The van der Waals surface area contributed by atoms with Gasteiger partial charge in [-0.2, -0.15) is 0 Å². The summed E-state index contributed by atoms with van der Waals surface area (Å²) in [5.41, 5.74) is 7.23. The molecule has 1 saturated carbocycles. The van der Waals surface area contributed by atoms with Crippen LogP contribution in [0.4, 0.5) is 0 Å². The maximum absolute atomic E-state index is 13.0.